The van der Waals surface area contributed by atoms with Crippen LogP contribution in [0.15, 0.2) is 58.3 Å². The molecule has 484 valence electrons. The van der Waals surface area contributed by atoms with Crippen molar-refractivity contribution < 1.29 is 116 Å². The van der Waals surface area contributed by atoms with Gasteiger partial charge in [0.2, 0.25) is 12.2 Å². The summed E-state index contributed by atoms with van der Waals surface area (Å²) in [7, 11) is -18.8. The van der Waals surface area contributed by atoms with Crippen LogP contribution in [-0.2, 0) is 78.6 Å². The molecule has 8 fully saturated rings. The monoisotopic (exact) mass is 1310 g/mol. The number of ether oxygens (including phenoxy) is 4. The molecule has 2 aromatic carbocycles. The highest BCUT2D eigenvalue weighted by molar-refractivity contribution is 7.86. The summed E-state index contributed by atoms with van der Waals surface area (Å²) in [6.07, 6.45) is -12.5. The number of benzene rings is 2. The van der Waals surface area contributed by atoms with Crippen LogP contribution in [0.4, 0.5) is 26.3 Å². The topological polar surface area (TPSA) is 323 Å². The summed E-state index contributed by atoms with van der Waals surface area (Å²) in [5, 5.41) is 0. The second kappa shape index (κ2) is 24.1. The summed E-state index contributed by atoms with van der Waals surface area (Å²) in [6, 6.07) is 12.3. The molecule has 8 bridgehead atoms. The Morgan fingerprint density at radius 2 is 0.907 bits per heavy atom. The molecule has 10 rings (SSSR count). The first kappa shape index (κ1) is 69.0. The standard InChI is InChI=1S/C38H52F6O14S2.C18H22O6S2/c1-5-32(4,28(46)58-36-14-23-7-24(15-36)11-34(10-23,20-36)30(48)56-26(38(42,43)44)17-60(52,53)54)18-31(2,3)27(45)57-35-12-21-6-22(13-35)9-33(8-21,19-35)29(47)55-25(37(39,40)41)16-59(49,50)51;1-3-14(16-6-10-18(11-7-16)26(22,23)24)12-13(2)15-4-8-17(9-5-15)25(19,20)21/h21-26H,5-20H2,1-4H3,(H,49,50,51)(H,52,53,54);4-11,13-14H,3,12H2,1-2H3,(H,19,20,21)(H,22,23,24). The van der Waals surface area contributed by atoms with E-state index in [-0.39, 0.29) is 96.7 Å². The van der Waals surface area contributed by atoms with Gasteiger partial charge in [-0.25, -0.2) is 0 Å². The lowest BCUT2D eigenvalue weighted by molar-refractivity contribution is -0.240. The molecule has 30 heteroatoms. The molecular weight excluding hydrogens is 1230 g/mol. The molecule has 8 saturated carbocycles. The molecule has 2 aromatic rings. The van der Waals surface area contributed by atoms with Gasteiger partial charge < -0.3 is 18.9 Å². The van der Waals surface area contributed by atoms with E-state index >= 15 is 0 Å². The predicted molar refractivity (Wildman–Crippen MR) is 292 cm³/mol. The number of halogens is 6. The van der Waals surface area contributed by atoms with Gasteiger partial charge in [-0.2, -0.15) is 60.0 Å². The normalized spacial score (nSPS) is 29.3. The van der Waals surface area contributed by atoms with Crippen molar-refractivity contribution in [2.24, 2.45) is 45.3 Å². The summed E-state index contributed by atoms with van der Waals surface area (Å²) in [6.45, 7) is 10.4. The highest BCUT2D eigenvalue weighted by Crippen LogP contribution is 2.65. The van der Waals surface area contributed by atoms with Gasteiger partial charge in [0.25, 0.3) is 40.5 Å². The van der Waals surface area contributed by atoms with E-state index in [1.807, 2.05) is 13.8 Å². The van der Waals surface area contributed by atoms with Crippen LogP contribution in [0.3, 0.4) is 0 Å². The Balaban J connectivity index is 0.000000339. The minimum absolute atomic E-state index is 0.133. The molecular formula is C56H74F6O20S4. The maximum absolute atomic E-state index is 14.3. The molecule has 4 N–H and O–H groups in total. The minimum atomic E-state index is -5.30. The Morgan fingerprint density at radius 3 is 1.22 bits per heavy atom. The van der Waals surface area contributed by atoms with Gasteiger partial charge in [-0.05, 0) is 182 Å². The molecule has 9 atom stereocenters. The van der Waals surface area contributed by atoms with Crippen LogP contribution < -0.4 is 0 Å². The van der Waals surface area contributed by atoms with Crippen LogP contribution >= 0.6 is 0 Å². The third-order valence-corrected chi connectivity index (χ3v) is 21.8. The molecule has 20 nitrogen and oxygen atoms in total. The molecule has 8 aliphatic rings. The molecule has 0 spiro atoms. The van der Waals surface area contributed by atoms with Gasteiger partial charge in [0.1, 0.15) is 22.7 Å². The van der Waals surface area contributed by atoms with E-state index in [1.54, 1.807) is 52.0 Å². The first-order valence-electron chi connectivity index (χ1n) is 28.2. The largest absolute Gasteiger partial charge is 0.459 e. The van der Waals surface area contributed by atoms with Crippen molar-refractivity contribution in [2.45, 2.75) is 202 Å². The molecule has 0 heterocycles. The Kier molecular flexibility index (Phi) is 19.3. The smallest absolute Gasteiger partial charge is 0.426 e. The number of esters is 4. The quantitative estimate of drug-likeness (QED) is 0.0368. The fourth-order valence-corrected chi connectivity index (χ4v) is 17.6. The highest BCUT2D eigenvalue weighted by atomic mass is 32.2. The van der Waals surface area contributed by atoms with Gasteiger partial charge in [0.05, 0.1) is 31.5 Å². The van der Waals surface area contributed by atoms with E-state index in [9.17, 15) is 79.2 Å². The third kappa shape index (κ3) is 16.1. The number of rotatable bonds is 22. The van der Waals surface area contributed by atoms with E-state index < -0.39 is 133 Å². The maximum Gasteiger partial charge on any atom is 0.426 e. The Labute approximate surface area is 496 Å². The van der Waals surface area contributed by atoms with Crippen molar-refractivity contribution in [1.82, 2.24) is 0 Å². The molecule has 9 unspecified atom stereocenters. The zero-order chi connectivity index (χ0) is 64.5. The van der Waals surface area contributed by atoms with Crippen LogP contribution in [0, 0.1) is 45.3 Å². The zero-order valence-electron chi connectivity index (χ0n) is 48.2. The zero-order valence-corrected chi connectivity index (χ0v) is 51.5. The van der Waals surface area contributed by atoms with Gasteiger partial charge >= 0.3 is 36.2 Å². The van der Waals surface area contributed by atoms with Crippen molar-refractivity contribution in [1.29, 1.82) is 0 Å². The van der Waals surface area contributed by atoms with Gasteiger partial charge in [0.15, 0.2) is 0 Å². The summed E-state index contributed by atoms with van der Waals surface area (Å²) < 4.78 is 231. The summed E-state index contributed by atoms with van der Waals surface area (Å²) in [5.74, 6) is -8.38. The van der Waals surface area contributed by atoms with Crippen molar-refractivity contribution in [2.75, 3.05) is 11.5 Å². The van der Waals surface area contributed by atoms with E-state index in [2.05, 4.69) is 0 Å². The first-order valence-corrected chi connectivity index (χ1v) is 34.3. The van der Waals surface area contributed by atoms with Gasteiger partial charge in [0, 0.05) is 12.8 Å². The molecule has 0 amide bonds. The van der Waals surface area contributed by atoms with Gasteiger partial charge in [-0.3, -0.25) is 37.4 Å². The Morgan fingerprint density at radius 1 is 0.558 bits per heavy atom. The van der Waals surface area contributed by atoms with Crippen molar-refractivity contribution in [3.8, 4) is 0 Å². The summed E-state index contributed by atoms with van der Waals surface area (Å²) >= 11 is 0. The average molecular weight is 1310 g/mol. The van der Waals surface area contributed by atoms with Gasteiger partial charge in [-0.15, -0.1) is 0 Å². The van der Waals surface area contributed by atoms with Crippen LogP contribution in [0.25, 0.3) is 0 Å². The van der Waals surface area contributed by atoms with Crippen molar-refractivity contribution >= 4 is 64.3 Å². The molecule has 0 radical (unpaired) electrons. The van der Waals surface area contributed by atoms with Crippen molar-refractivity contribution in [3.63, 3.8) is 0 Å². The molecule has 86 heavy (non-hydrogen) atoms. The number of alkyl halides is 6. The summed E-state index contributed by atoms with van der Waals surface area (Å²) in [5.41, 5.74) is -6.40. The van der Waals surface area contributed by atoms with E-state index in [1.165, 1.54) is 24.3 Å². The van der Waals surface area contributed by atoms with E-state index in [0.29, 0.717) is 38.5 Å². The lowest BCUT2D eigenvalue weighted by Gasteiger charge is -2.60. The summed E-state index contributed by atoms with van der Waals surface area (Å²) in [4.78, 5) is 55.2. The lowest BCUT2D eigenvalue weighted by atomic mass is 9.47. The third-order valence-electron chi connectivity index (χ3n) is 18.6. The van der Waals surface area contributed by atoms with Crippen molar-refractivity contribution in [3.05, 3.63) is 59.7 Å². The molecule has 0 aliphatic heterocycles. The molecule has 0 aromatic heterocycles. The number of hydrogen-bond donors (Lipinski definition) is 4. The lowest BCUT2D eigenvalue weighted by Crippen LogP contribution is -2.61. The number of carbonyl (C=O) groups is 4. The van der Waals surface area contributed by atoms with Gasteiger partial charge in [-0.1, -0.05) is 45.0 Å². The van der Waals surface area contributed by atoms with Crippen LogP contribution in [0.5, 0.6) is 0 Å². The fraction of sp³-hybridized carbons (Fsp3) is 0.714. The molecule has 0 saturated heterocycles. The Hall–Kier alpha value is -4.46. The Bertz CT molecular complexity index is 3320. The second-order valence-corrected chi connectivity index (χ2v) is 32.1. The fourth-order valence-electron chi connectivity index (χ4n) is 15.4. The van der Waals surface area contributed by atoms with Crippen LogP contribution in [0.1, 0.15) is 167 Å². The van der Waals surface area contributed by atoms with Crippen LogP contribution in [-0.4, -0.2) is 123 Å². The first-order chi connectivity index (χ1) is 39.2. The SMILES string of the molecule is CCC(C)(CC(C)(C)C(=O)OC12CC3CC(C1)CC(C(=O)OC(CS(=O)(=O)O)C(F)(F)F)(C3)C2)C(=O)OC12CC3CC(C1)CC(C(=O)OC(CS(=O)(=O)O)C(F)(F)F)(C3)C2.CCC(CC(C)c1ccc(S(=O)(=O)O)cc1)c1ccc(S(=O)(=O)O)cc1. The minimum Gasteiger partial charge on any atom is -0.459 e. The highest BCUT2D eigenvalue weighted by Gasteiger charge is 2.67. The number of hydrogen-bond acceptors (Lipinski definition) is 16. The number of carbonyl (C=O) groups excluding carboxylic acids is 4. The maximum atomic E-state index is 14.3. The van der Waals surface area contributed by atoms with E-state index in [0.717, 1.165) is 24.0 Å². The average Bonchev–Trinajstić information content (AvgIpc) is 0.786. The predicted octanol–water partition coefficient (Wildman–Crippen LogP) is 10.2. The van der Waals surface area contributed by atoms with Crippen LogP contribution in [0.2, 0.25) is 0 Å². The molecule has 8 aliphatic carbocycles. The van der Waals surface area contributed by atoms with E-state index in [4.69, 9.17) is 37.2 Å². The second-order valence-electron chi connectivity index (χ2n) is 26.3.